The number of hydrogen-bond donors (Lipinski definition) is 2. The predicted octanol–water partition coefficient (Wildman–Crippen LogP) is 5.31. The van der Waals surface area contributed by atoms with Crippen molar-refractivity contribution in [2.75, 3.05) is 17.2 Å². The van der Waals surface area contributed by atoms with Crippen LogP contribution in [-0.4, -0.2) is 22.6 Å². The van der Waals surface area contributed by atoms with Gasteiger partial charge in [-0.1, -0.05) is 11.6 Å². The Morgan fingerprint density at radius 1 is 1.12 bits per heavy atom. The van der Waals surface area contributed by atoms with Gasteiger partial charge in [0.25, 0.3) is 0 Å². The number of allylic oxidation sites excluding steroid dienone is 1. The summed E-state index contributed by atoms with van der Waals surface area (Å²) in [7, 11) is 0. The SMILES string of the molecule is CC(C)Oc1ccc(Nc2nccc(NCCC3=CCCCC3)n2)cc1. The molecule has 2 aromatic rings. The van der Waals surface area contributed by atoms with E-state index in [9.17, 15) is 0 Å². The maximum atomic E-state index is 5.66. The van der Waals surface area contributed by atoms with Gasteiger partial charge in [0.05, 0.1) is 6.10 Å². The number of rotatable bonds is 8. The van der Waals surface area contributed by atoms with Gasteiger partial charge in [-0.05, 0) is 76.3 Å². The molecule has 26 heavy (non-hydrogen) atoms. The Labute approximate surface area is 155 Å². The standard InChI is InChI=1S/C21H28N4O/c1-16(2)26-19-10-8-18(9-11-19)24-21-23-15-13-20(25-21)22-14-12-17-6-4-3-5-7-17/h6,8-11,13,15-16H,3-5,7,12,14H2,1-2H3,(H2,22,23,24,25). The van der Waals surface area contributed by atoms with E-state index in [4.69, 9.17) is 4.74 Å². The van der Waals surface area contributed by atoms with E-state index in [1.54, 1.807) is 11.8 Å². The van der Waals surface area contributed by atoms with Gasteiger partial charge in [-0.25, -0.2) is 4.98 Å². The second-order valence-electron chi connectivity index (χ2n) is 6.87. The molecule has 5 nitrogen and oxygen atoms in total. The lowest BCUT2D eigenvalue weighted by Crippen LogP contribution is -2.07. The Hall–Kier alpha value is -2.56. The van der Waals surface area contributed by atoms with E-state index in [1.807, 2.05) is 44.2 Å². The summed E-state index contributed by atoms with van der Waals surface area (Å²) in [5.41, 5.74) is 2.51. The normalized spacial score (nSPS) is 14.0. The summed E-state index contributed by atoms with van der Waals surface area (Å²) in [6, 6.07) is 9.73. The van der Waals surface area contributed by atoms with Crippen molar-refractivity contribution in [2.24, 2.45) is 0 Å². The predicted molar refractivity (Wildman–Crippen MR) is 107 cm³/mol. The summed E-state index contributed by atoms with van der Waals surface area (Å²) >= 11 is 0. The van der Waals surface area contributed by atoms with E-state index in [0.717, 1.165) is 30.2 Å². The number of aromatic nitrogens is 2. The van der Waals surface area contributed by atoms with Gasteiger partial charge < -0.3 is 15.4 Å². The van der Waals surface area contributed by atoms with Crippen LogP contribution in [-0.2, 0) is 0 Å². The molecule has 2 N–H and O–H groups in total. The molecule has 0 fully saturated rings. The van der Waals surface area contributed by atoms with Crippen LogP contribution in [0.15, 0.2) is 48.2 Å². The molecule has 1 aromatic heterocycles. The first-order valence-electron chi connectivity index (χ1n) is 9.47. The number of benzene rings is 1. The summed E-state index contributed by atoms with van der Waals surface area (Å²) in [6.07, 6.45) is 10.6. The Balaban J connectivity index is 1.52. The zero-order chi connectivity index (χ0) is 18.2. The maximum absolute atomic E-state index is 5.66. The average molecular weight is 352 g/mol. The minimum atomic E-state index is 0.171. The first-order chi connectivity index (χ1) is 12.7. The fourth-order valence-electron chi connectivity index (χ4n) is 3.02. The summed E-state index contributed by atoms with van der Waals surface area (Å²) in [6.45, 7) is 4.94. The number of anilines is 3. The Kier molecular flexibility index (Phi) is 6.47. The highest BCUT2D eigenvalue weighted by molar-refractivity contribution is 5.55. The van der Waals surface area contributed by atoms with Crippen LogP contribution in [0.4, 0.5) is 17.5 Å². The number of ether oxygens (including phenoxy) is 1. The number of nitrogens with one attached hydrogen (secondary N) is 2. The van der Waals surface area contributed by atoms with Crippen LogP contribution in [0.5, 0.6) is 5.75 Å². The molecule has 0 amide bonds. The van der Waals surface area contributed by atoms with Gasteiger partial charge in [-0.3, -0.25) is 0 Å². The zero-order valence-electron chi connectivity index (χ0n) is 15.7. The molecule has 0 saturated carbocycles. The van der Waals surface area contributed by atoms with Gasteiger partial charge in [0.2, 0.25) is 5.95 Å². The minimum absolute atomic E-state index is 0.171. The van der Waals surface area contributed by atoms with Crippen LogP contribution < -0.4 is 15.4 Å². The van der Waals surface area contributed by atoms with Gasteiger partial charge >= 0.3 is 0 Å². The summed E-state index contributed by atoms with van der Waals surface area (Å²) in [4.78, 5) is 8.84. The van der Waals surface area contributed by atoms with Crippen LogP contribution in [0.25, 0.3) is 0 Å². The van der Waals surface area contributed by atoms with Crippen LogP contribution in [0, 0.1) is 0 Å². The third-order valence-corrected chi connectivity index (χ3v) is 4.28. The molecule has 0 atom stereocenters. The van der Waals surface area contributed by atoms with Crippen molar-refractivity contribution in [1.82, 2.24) is 9.97 Å². The smallest absolute Gasteiger partial charge is 0.229 e. The Morgan fingerprint density at radius 3 is 2.69 bits per heavy atom. The van der Waals surface area contributed by atoms with Crippen LogP contribution >= 0.6 is 0 Å². The molecule has 3 rings (SSSR count). The fraction of sp³-hybridized carbons (Fsp3) is 0.429. The van der Waals surface area contributed by atoms with Gasteiger partial charge in [-0.2, -0.15) is 4.98 Å². The molecule has 138 valence electrons. The highest BCUT2D eigenvalue weighted by Gasteiger charge is 2.05. The third kappa shape index (κ3) is 5.76. The van der Waals surface area contributed by atoms with Crippen molar-refractivity contribution in [3.63, 3.8) is 0 Å². The number of hydrogen-bond acceptors (Lipinski definition) is 5. The monoisotopic (exact) mass is 352 g/mol. The molecule has 0 spiro atoms. The average Bonchev–Trinajstić information content (AvgIpc) is 2.64. The number of nitrogens with zero attached hydrogens (tertiary/aromatic N) is 2. The van der Waals surface area contributed by atoms with Crippen molar-refractivity contribution >= 4 is 17.5 Å². The van der Waals surface area contributed by atoms with Gasteiger partial charge in [-0.15, -0.1) is 0 Å². The molecule has 5 heteroatoms. The van der Waals surface area contributed by atoms with Crippen LogP contribution in [0.1, 0.15) is 46.0 Å². The highest BCUT2D eigenvalue weighted by Crippen LogP contribution is 2.21. The molecule has 0 bridgehead atoms. The minimum Gasteiger partial charge on any atom is -0.491 e. The first-order valence-corrected chi connectivity index (χ1v) is 9.47. The third-order valence-electron chi connectivity index (χ3n) is 4.28. The lowest BCUT2D eigenvalue weighted by atomic mass is 9.97. The molecule has 1 aliphatic carbocycles. The van der Waals surface area contributed by atoms with E-state index < -0.39 is 0 Å². The van der Waals surface area contributed by atoms with Gasteiger partial charge in [0.15, 0.2) is 0 Å². The molecule has 0 saturated heterocycles. The van der Waals surface area contributed by atoms with E-state index in [1.165, 1.54) is 25.7 Å². The van der Waals surface area contributed by atoms with Crippen molar-refractivity contribution in [3.8, 4) is 5.75 Å². The summed E-state index contributed by atoms with van der Waals surface area (Å²) < 4.78 is 5.66. The second kappa shape index (κ2) is 9.22. The van der Waals surface area contributed by atoms with Crippen LogP contribution in [0.2, 0.25) is 0 Å². The quantitative estimate of drug-likeness (QED) is 0.631. The largest absolute Gasteiger partial charge is 0.491 e. The van der Waals surface area contributed by atoms with Crippen molar-refractivity contribution < 1.29 is 4.74 Å². The topological polar surface area (TPSA) is 59.1 Å². The first kappa shape index (κ1) is 18.2. The zero-order valence-corrected chi connectivity index (χ0v) is 15.7. The molecule has 1 aliphatic rings. The highest BCUT2D eigenvalue weighted by atomic mass is 16.5. The van der Waals surface area contributed by atoms with Crippen molar-refractivity contribution in [3.05, 3.63) is 48.2 Å². The van der Waals surface area contributed by atoms with Crippen LogP contribution in [0.3, 0.4) is 0 Å². The van der Waals surface area contributed by atoms with E-state index in [-0.39, 0.29) is 6.10 Å². The van der Waals surface area contributed by atoms with Crippen molar-refractivity contribution in [2.45, 2.75) is 52.1 Å². The molecule has 0 radical (unpaired) electrons. The van der Waals surface area contributed by atoms with Gasteiger partial charge in [0.1, 0.15) is 11.6 Å². The van der Waals surface area contributed by atoms with E-state index in [0.29, 0.717) is 5.95 Å². The molecular formula is C21H28N4O. The molecule has 1 aromatic carbocycles. The molecule has 1 heterocycles. The Bertz CT molecular complexity index is 725. The fourth-order valence-corrected chi connectivity index (χ4v) is 3.02. The summed E-state index contributed by atoms with van der Waals surface area (Å²) in [5, 5.41) is 6.63. The van der Waals surface area contributed by atoms with Gasteiger partial charge in [0, 0.05) is 18.4 Å². The van der Waals surface area contributed by atoms with E-state index in [2.05, 4.69) is 26.7 Å². The summed E-state index contributed by atoms with van der Waals surface area (Å²) in [5.74, 6) is 2.29. The Morgan fingerprint density at radius 2 is 1.96 bits per heavy atom. The lowest BCUT2D eigenvalue weighted by Gasteiger charge is -2.13. The van der Waals surface area contributed by atoms with Crippen molar-refractivity contribution in [1.29, 1.82) is 0 Å². The molecular weight excluding hydrogens is 324 g/mol. The lowest BCUT2D eigenvalue weighted by molar-refractivity contribution is 0.242. The molecule has 0 unspecified atom stereocenters. The van der Waals surface area contributed by atoms with E-state index >= 15 is 0 Å². The second-order valence-corrected chi connectivity index (χ2v) is 6.87. The molecule has 0 aliphatic heterocycles. The maximum Gasteiger partial charge on any atom is 0.229 e.